The fraction of sp³-hybridized carbons (Fsp3) is 0.289. The Morgan fingerprint density at radius 3 is 0.875 bits per heavy atom. The van der Waals surface area contributed by atoms with Gasteiger partial charge in [-0.25, -0.2) is 0 Å². The monoisotopic (exact) mass is 858 g/mol. The van der Waals surface area contributed by atoms with Crippen LogP contribution in [0, 0.1) is 34.0 Å². The highest BCUT2D eigenvalue weighted by Crippen LogP contribution is 2.34. The van der Waals surface area contributed by atoms with Crippen molar-refractivity contribution in [2.24, 2.45) is 0 Å². The van der Waals surface area contributed by atoms with Crippen molar-refractivity contribution in [1.82, 2.24) is 30.0 Å². The molecular formula is C38H42N12S6. The minimum atomic E-state index is -0.531. The van der Waals surface area contributed by atoms with E-state index in [4.69, 9.17) is 51.6 Å². The van der Waals surface area contributed by atoms with Gasteiger partial charge in [0.2, 0.25) is 0 Å². The number of nitrogens with zero attached hydrogens (tertiary/aromatic N) is 12. The normalized spacial score (nSPS) is 11.7. The molecule has 3 atom stereocenters. The third-order valence-corrected chi connectivity index (χ3v) is 12.8. The van der Waals surface area contributed by atoms with Crippen LogP contribution in [0.2, 0.25) is 0 Å². The van der Waals surface area contributed by atoms with E-state index in [2.05, 4.69) is 18.2 Å². The van der Waals surface area contributed by atoms with E-state index >= 15 is 0 Å². The molecule has 3 unspecified atom stereocenters. The second kappa shape index (κ2) is 22.7. The molecule has 0 aliphatic heterocycles. The van der Waals surface area contributed by atoms with Gasteiger partial charge in [-0.15, -0.1) is 0 Å². The van der Waals surface area contributed by atoms with Gasteiger partial charge in [-0.1, -0.05) is 177 Å². The van der Waals surface area contributed by atoms with Crippen LogP contribution in [0.25, 0.3) is 0 Å². The maximum atomic E-state index is 9.95. The molecule has 0 aliphatic carbocycles. The third-order valence-electron chi connectivity index (χ3n) is 7.93. The summed E-state index contributed by atoms with van der Waals surface area (Å²) in [6.07, 6.45) is 0. The highest BCUT2D eigenvalue weighted by Gasteiger charge is 2.27. The zero-order valence-electron chi connectivity index (χ0n) is 32.2. The van der Waals surface area contributed by atoms with E-state index in [0.29, 0.717) is 13.0 Å². The number of aromatic nitrogens is 3. The van der Waals surface area contributed by atoms with Gasteiger partial charge < -0.3 is 0 Å². The first-order valence-corrected chi connectivity index (χ1v) is 20.9. The van der Waals surface area contributed by atoms with Gasteiger partial charge in [0.05, 0.1) is 18.2 Å². The number of thiocarbonyl (C=S) groups is 3. The predicted molar refractivity (Wildman–Crippen MR) is 245 cm³/mol. The zero-order chi connectivity index (χ0) is 41.4. The Hall–Kier alpha value is -4.74. The van der Waals surface area contributed by atoms with Crippen molar-refractivity contribution in [3.05, 3.63) is 108 Å². The second-order valence-electron chi connectivity index (χ2n) is 11.3. The molecule has 290 valence electrons. The van der Waals surface area contributed by atoms with Crippen LogP contribution in [-0.4, -0.2) is 85.2 Å². The molecule has 1 aromatic heterocycles. The van der Waals surface area contributed by atoms with Gasteiger partial charge in [-0.2, -0.15) is 30.7 Å². The summed E-state index contributed by atoms with van der Waals surface area (Å²) in [6.45, 7) is 4.00. The van der Waals surface area contributed by atoms with Gasteiger partial charge in [-0.3, -0.25) is 30.1 Å². The molecule has 0 saturated heterocycles. The molecule has 18 heteroatoms. The average molecular weight is 859 g/mol. The molecule has 0 spiro atoms. The van der Waals surface area contributed by atoms with E-state index in [0.717, 1.165) is 16.7 Å². The minimum Gasteiger partial charge on any atom is -0.270 e. The maximum absolute atomic E-state index is 9.95. The Morgan fingerprint density at radius 1 is 0.464 bits per heavy atom. The zero-order valence-corrected chi connectivity index (χ0v) is 37.1. The molecule has 1 heterocycles. The van der Waals surface area contributed by atoms with Crippen molar-refractivity contribution >= 4 is 103 Å². The lowest BCUT2D eigenvalue weighted by atomic mass is 10.2. The van der Waals surface area contributed by atoms with Crippen LogP contribution in [0.15, 0.2) is 91.0 Å². The van der Waals surface area contributed by atoms with Crippen LogP contribution < -0.4 is 15.0 Å². The van der Waals surface area contributed by atoms with Crippen molar-refractivity contribution in [1.29, 1.82) is 15.8 Å². The molecule has 0 N–H and O–H groups in total. The van der Waals surface area contributed by atoms with Gasteiger partial charge in [0.1, 0.15) is 15.7 Å². The fourth-order valence-electron chi connectivity index (χ4n) is 4.47. The summed E-state index contributed by atoms with van der Waals surface area (Å²) in [5, 5.41) is 38.3. The van der Waals surface area contributed by atoms with E-state index in [9.17, 15) is 15.8 Å². The predicted octanol–water partition coefficient (Wildman–Crippen LogP) is 8.60. The summed E-state index contributed by atoms with van der Waals surface area (Å²) < 4.78 is 1.23. The molecular weight excluding hydrogens is 817 g/mol. The summed E-state index contributed by atoms with van der Waals surface area (Å²) in [6, 6.07) is 35.3. The van der Waals surface area contributed by atoms with Crippen LogP contribution >= 0.6 is 71.9 Å². The van der Waals surface area contributed by atoms with E-state index in [1.165, 1.54) is 35.3 Å². The van der Waals surface area contributed by atoms with Crippen molar-refractivity contribution in [3.8, 4) is 18.2 Å². The number of hydrazine groups is 3. The lowest BCUT2D eigenvalue weighted by molar-refractivity contribution is 0.470. The summed E-state index contributed by atoms with van der Waals surface area (Å²) in [7, 11) is 10.5. The quantitative estimate of drug-likeness (QED) is 0.0995. The molecule has 0 aliphatic rings. The van der Waals surface area contributed by atoms with Crippen molar-refractivity contribution in [2.45, 2.75) is 29.6 Å². The number of hydrogen-bond donors (Lipinski definition) is 0. The summed E-state index contributed by atoms with van der Waals surface area (Å²) in [4.78, 5) is 14.4. The van der Waals surface area contributed by atoms with E-state index in [1.807, 2.05) is 105 Å². The molecule has 3 aromatic carbocycles. The Balaban J connectivity index is 0.00000414. The van der Waals surface area contributed by atoms with Crippen molar-refractivity contribution in [2.75, 3.05) is 57.3 Å². The van der Waals surface area contributed by atoms with Gasteiger partial charge in [0, 0.05) is 42.3 Å². The molecule has 0 saturated carbocycles. The summed E-state index contributed by atoms with van der Waals surface area (Å²) in [5.74, 6) is 0.680. The Kier molecular flexibility index (Phi) is 18.5. The number of thioether (sulfide) groups is 3. The Morgan fingerprint density at radius 2 is 0.679 bits per heavy atom. The Bertz CT molecular complexity index is 1800. The molecule has 4 aromatic rings. The first-order valence-electron chi connectivity index (χ1n) is 17.0. The SMILES string of the molecule is CC.CN(C(=S)SC(C#N)c1ccccc1)N(C)c1nc(N(C)N(C)C(=S)SC(C#N)c2ccccc2)nc(N(C)N(C)C(=S)SC(C#N)c2ccccc2)n1. The smallest absolute Gasteiger partial charge is 0.251 e. The summed E-state index contributed by atoms with van der Waals surface area (Å²) >= 11 is 21.1. The van der Waals surface area contributed by atoms with E-state index < -0.39 is 15.7 Å². The Labute approximate surface area is 359 Å². The minimum absolute atomic E-state index is 0.227. The van der Waals surface area contributed by atoms with Crippen LogP contribution in [0.3, 0.4) is 0 Å². The van der Waals surface area contributed by atoms with Crippen LogP contribution in [0.5, 0.6) is 0 Å². The van der Waals surface area contributed by atoms with Crippen LogP contribution in [0.4, 0.5) is 17.8 Å². The van der Waals surface area contributed by atoms with Crippen LogP contribution in [0.1, 0.15) is 46.3 Å². The molecule has 0 fully saturated rings. The first-order chi connectivity index (χ1) is 26.9. The van der Waals surface area contributed by atoms with Gasteiger partial charge in [0.25, 0.3) is 17.8 Å². The van der Waals surface area contributed by atoms with Gasteiger partial charge in [-0.05, 0) is 16.7 Å². The van der Waals surface area contributed by atoms with Gasteiger partial charge in [0.15, 0.2) is 13.0 Å². The van der Waals surface area contributed by atoms with Gasteiger partial charge >= 0.3 is 0 Å². The molecule has 0 radical (unpaired) electrons. The fourth-order valence-corrected chi connectivity index (χ4v) is 8.17. The van der Waals surface area contributed by atoms with Crippen LogP contribution in [-0.2, 0) is 0 Å². The molecule has 56 heavy (non-hydrogen) atoms. The average Bonchev–Trinajstić information content (AvgIpc) is 3.25. The van der Waals surface area contributed by atoms with E-state index in [-0.39, 0.29) is 17.8 Å². The lowest BCUT2D eigenvalue weighted by Gasteiger charge is -2.35. The van der Waals surface area contributed by atoms with Crippen molar-refractivity contribution in [3.63, 3.8) is 0 Å². The van der Waals surface area contributed by atoms with E-state index in [1.54, 1.807) is 72.3 Å². The number of nitriles is 3. The number of rotatable bonds is 12. The highest BCUT2D eigenvalue weighted by molar-refractivity contribution is 8.23. The topological polar surface area (TPSA) is 129 Å². The summed E-state index contributed by atoms with van der Waals surface area (Å²) in [5.41, 5.74) is 2.51. The molecule has 0 amide bonds. The number of benzene rings is 3. The standard InChI is InChI=1S/C36H36N12S6.C2H6/c1-43(46(4)34(49)52-28(22-37)25-16-10-7-11-17-25)31-40-32(44(2)47(5)35(50)53-29(23-38)26-18-12-8-13-19-26)42-33(41-31)45(3)48(6)36(51)54-30(24-39)27-20-14-9-15-21-27;1-2/h7-21,28-30H,1-6H3;1-2H3. The number of hydrogen-bond acceptors (Lipinski definition) is 15. The molecule has 4 rings (SSSR count). The lowest BCUT2D eigenvalue weighted by Crippen LogP contribution is -2.44. The molecule has 0 bridgehead atoms. The molecule has 12 nitrogen and oxygen atoms in total. The highest BCUT2D eigenvalue weighted by atomic mass is 32.2. The second-order valence-corrected chi connectivity index (χ2v) is 16.5. The largest absolute Gasteiger partial charge is 0.270 e. The third kappa shape index (κ3) is 12.1. The van der Waals surface area contributed by atoms with Crippen molar-refractivity contribution < 1.29 is 0 Å². The first kappa shape index (κ1) is 45.6. The number of anilines is 3. The maximum Gasteiger partial charge on any atom is 0.251 e.